The van der Waals surface area contributed by atoms with E-state index in [0.29, 0.717) is 21.9 Å². The fourth-order valence-corrected chi connectivity index (χ4v) is 4.87. The van der Waals surface area contributed by atoms with Gasteiger partial charge in [-0.2, -0.15) is 13.5 Å². The predicted molar refractivity (Wildman–Crippen MR) is 139 cm³/mol. The molecule has 14 heteroatoms. The minimum atomic E-state index is -4.15. The fraction of sp³-hybridized carbons (Fsp3) is 0.125. The minimum absolute atomic E-state index is 0.0666. The van der Waals surface area contributed by atoms with Crippen molar-refractivity contribution in [1.29, 1.82) is 0 Å². The number of hydrogen-bond donors (Lipinski definition) is 2. The normalized spacial score (nSPS) is 17.9. The Bertz CT molecular complexity index is 1580. The van der Waals surface area contributed by atoms with Crippen LogP contribution in [-0.2, 0) is 22.4 Å². The van der Waals surface area contributed by atoms with Crippen LogP contribution >= 0.6 is 11.6 Å². The topological polar surface area (TPSA) is 161 Å². The summed E-state index contributed by atoms with van der Waals surface area (Å²) in [5.74, 6) is 0.129. The van der Waals surface area contributed by atoms with Gasteiger partial charge in [0.05, 0.1) is 11.4 Å². The van der Waals surface area contributed by atoms with Crippen LogP contribution in [0.4, 0.5) is 0 Å². The number of sulfonamides is 1. The maximum Gasteiger partial charge on any atom is 0.285 e. The molecule has 0 fully saturated rings. The van der Waals surface area contributed by atoms with Gasteiger partial charge in [-0.05, 0) is 59.3 Å². The molecule has 1 aromatic heterocycles. The van der Waals surface area contributed by atoms with Gasteiger partial charge in [0.15, 0.2) is 11.9 Å². The first-order chi connectivity index (χ1) is 18.2. The van der Waals surface area contributed by atoms with Crippen LogP contribution < -0.4 is 10.5 Å². The van der Waals surface area contributed by atoms with E-state index in [4.69, 9.17) is 22.1 Å². The first-order valence-electron chi connectivity index (χ1n) is 11.2. The van der Waals surface area contributed by atoms with E-state index in [1.807, 2.05) is 6.07 Å². The number of ether oxygens (including phenoxy) is 1. The van der Waals surface area contributed by atoms with Crippen molar-refractivity contribution in [2.24, 2.45) is 15.2 Å². The van der Waals surface area contributed by atoms with Gasteiger partial charge in [0.1, 0.15) is 11.5 Å². The number of aliphatic hydroxyl groups is 1. The van der Waals surface area contributed by atoms with Gasteiger partial charge in [0, 0.05) is 10.6 Å². The lowest BCUT2D eigenvalue weighted by molar-refractivity contribution is 0.104. The first kappa shape index (κ1) is 25.3. The quantitative estimate of drug-likeness (QED) is 0.258. The van der Waals surface area contributed by atoms with E-state index in [9.17, 15) is 13.5 Å². The fourth-order valence-electron chi connectivity index (χ4n) is 3.82. The molecule has 4 aromatic rings. The largest absolute Gasteiger partial charge is 0.470 e. The molecule has 1 aliphatic rings. The number of nitrogens with zero attached hydrogens (tertiary/aromatic N) is 7. The third-order valence-corrected chi connectivity index (χ3v) is 7.25. The zero-order valence-corrected chi connectivity index (χ0v) is 21.2. The summed E-state index contributed by atoms with van der Waals surface area (Å²) >= 11 is 5.86. The SMILES string of the molecule is N/C(=N\S(=O)(=O)c1ccc(Cl)cc1)N1CC(O)(c2ccccc2)C(c2ccc(OCn3ncnn3)cc2)=N1. The van der Waals surface area contributed by atoms with Crippen molar-refractivity contribution in [2.45, 2.75) is 17.2 Å². The number of tetrazole rings is 1. The smallest absolute Gasteiger partial charge is 0.285 e. The van der Waals surface area contributed by atoms with Gasteiger partial charge >= 0.3 is 0 Å². The number of halogens is 1. The van der Waals surface area contributed by atoms with Crippen LogP contribution in [0.5, 0.6) is 5.75 Å². The third-order valence-electron chi connectivity index (χ3n) is 5.70. The van der Waals surface area contributed by atoms with Crippen LogP contribution in [0, 0.1) is 0 Å². The van der Waals surface area contributed by atoms with Crippen molar-refractivity contribution in [3.63, 3.8) is 0 Å². The Balaban J connectivity index is 1.46. The molecule has 0 radical (unpaired) electrons. The van der Waals surface area contributed by atoms with Crippen LogP contribution in [0.3, 0.4) is 0 Å². The van der Waals surface area contributed by atoms with Crippen molar-refractivity contribution >= 4 is 33.3 Å². The number of rotatable bonds is 7. The lowest BCUT2D eigenvalue weighted by atomic mass is 9.86. The molecular formula is C24H21ClN8O4S. The number of nitrogens with two attached hydrogens (primary N) is 1. The van der Waals surface area contributed by atoms with Crippen LogP contribution in [0.2, 0.25) is 5.02 Å². The molecule has 3 aromatic carbocycles. The maximum absolute atomic E-state index is 12.8. The highest BCUT2D eigenvalue weighted by molar-refractivity contribution is 7.90. The zero-order chi connectivity index (χ0) is 26.8. The van der Waals surface area contributed by atoms with Gasteiger partial charge in [-0.3, -0.25) is 0 Å². The van der Waals surface area contributed by atoms with Gasteiger partial charge in [-0.25, -0.2) is 5.01 Å². The Morgan fingerprint density at radius 2 is 1.79 bits per heavy atom. The number of β-amino-alcohol motifs (C(OH)–C–C–N with tert-alkyl or cyclic N) is 1. The molecule has 1 atom stereocenters. The van der Waals surface area contributed by atoms with E-state index < -0.39 is 21.6 Å². The Morgan fingerprint density at radius 1 is 1.08 bits per heavy atom. The van der Waals surface area contributed by atoms with E-state index in [1.54, 1.807) is 48.5 Å². The number of guanidine groups is 1. The summed E-state index contributed by atoms with van der Waals surface area (Å²) in [5.41, 5.74) is 5.86. The molecule has 0 spiro atoms. The number of benzene rings is 3. The Kier molecular flexibility index (Phi) is 6.80. The summed E-state index contributed by atoms with van der Waals surface area (Å²) in [6, 6.07) is 21.3. The van der Waals surface area contributed by atoms with Crippen LogP contribution in [0.25, 0.3) is 0 Å². The Morgan fingerprint density at radius 3 is 2.45 bits per heavy atom. The number of hydrazone groups is 1. The highest BCUT2D eigenvalue weighted by atomic mass is 35.5. The standard InChI is InChI=1S/C24H21ClN8O4S/c25-19-8-12-21(13-9-19)38(35,36)30-23(26)32-14-24(34,18-4-2-1-3-5-18)22(29-32)17-6-10-20(11-7-17)37-16-33-28-15-27-31-33/h1-13,15,34H,14,16H2,(H2,26,30). The zero-order valence-electron chi connectivity index (χ0n) is 19.7. The maximum atomic E-state index is 12.8. The predicted octanol–water partition coefficient (Wildman–Crippen LogP) is 1.97. The van der Waals surface area contributed by atoms with Gasteiger partial charge in [-0.15, -0.1) is 19.4 Å². The molecule has 0 aliphatic carbocycles. The van der Waals surface area contributed by atoms with Crippen LogP contribution in [0.15, 0.2) is 99.6 Å². The molecular weight excluding hydrogens is 532 g/mol. The molecule has 2 heterocycles. The molecule has 0 amide bonds. The van der Waals surface area contributed by atoms with Crippen molar-refractivity contribution in [1.82, 2.24) is 25.2 Å². The summed E-state index contributed by atoms with van der Waals surface area (Å²) in [7, 11) is -4.15. The average molecular weight is 553 g/mol. The molecule has 3 N–H and O–H groups in total. The molecule has 194 valence electrons. The Hall–Kier alpha value is -4.33. The molecule has 0 saturated carbocycles. The monoisotopic (exact) mass is 552 g/mol. The van der Waals surface area contributed by atoms with Crippen molar-refractivity contribution < 1.29 is 18.3 Å². The van der Waals surface area contributed by atoms with E-state index in [2.05, 4.69) is 24.9 Å². The minimum Gasteiger partial charge on any atom is -0.470 e. The third kappa shape index (κ3) is 5.20. The Labute approximate surface area is 222 Å². The number of hydrogen-bond acceptors (Lipinski definition) is 8. The molecule has 5 rings (SSSR count). The van der Waals surface area contributed by atoms with Crippen molar-refractivity contribution in [3.05, 3.63) is 101 Å². The van der Waals surface area contributed by atoms with Crippen LogP contribution in [0.1, 0.15) is 11.1 Å². The van der Waals surface area contributed by atoms with E-state index in [0.717, 1.165) is 5.01 Å². The van der Waals surface area contributed by atoms with Gasteiger partial charge < -0.3 is 15.6 Å². The molecule has 1 aliphatic heterocycles. The highest BCUT2D eigenvalue weighted by Crippen LogP contribution is 2.33. The lowest BCUT2D eigenvalue weighted by Gasteiger charge is -2.25. The van der Waals surface area contributed by atoms with Crippen molar-refractivity contribution in [2.75, 3.05) is 6.54 Å². The van der Waals surface area contributed by atoms with Gasteiger partial charge in [-0.1, -0.05) is 41.9 Å². The molecule has 0 saturated heterocycles. The second-order valence-corrected chi connectivity index (χ2v) is 10.3. The van der Waals surface area contributed by atoms with E-state index >= 15 is 0 Å². The second-order valence-electron chi connectivity index (χ2n) is 8.22. The van der Waals surface area contributed by atoms with E-state index in [-0.39, 0.29) is 23.9 Å². The molecule has 1 unspecified atom stereocenters. The number of aromatic nitrogens is 4. The molecule has 0 bridgehead atoms. The summed E-state index contributed by atoms with van der Waals surface area (Å²) in [5, 5.41) is 29.1. The molecule has 38 heavy (non-hydrogen) atoms. The first-order valence-corrected chi connectivity index (χ1v) is 13.0. The summed E-state index contributed by atoms with van der Waals surface area (Å²) in [6.07, 6.45) is 1.30. The van der Waals surface area contributed by atoms with Crippen LogP contribution in [-0.4, -0.2) is 57.0 Å². The summed E-state index contributed by atoms with van der Waals surface area (Å²) in [4.78, 5) is 1.20. The lowest BCUT2D eigenvalue weighted by Crippen LogP contribution is -2.42. The summed E-state index contributed by atoms with van der Waals surface area (Å²) in [6.45, 7) is -0.0921. The highest BCUT2D eigenvalue weighted by Gasteiger charge is 2.44. The molecule has 12 nitrogen and oxygen atoms in total. The van der Waals surface area contributed by atoms with Gasteiger partial charge in [0.25, 0.3) is 10.0 Å². The average Bonchev–Trinajstić information content (AvgIpc) is 3.57. The van der Waals surface area contributed by atoms with E-state index in [1.165, 1.54) is 35.4 Å². The second kappa shape index (κ2) is 10.2. The van der Waals surface area contributed by atoms with Gasteiger partial charge in [0.2, 0.25) is 12.7 Å². The van der Waals surface area contributed by atoms with Crippen molar-refractivity contribution in [3.8, 4) is 5.75 Å². The summed E-state index contributed by atoms with van der Waals surface area (Å²) < 4.78 is 35.0.